The van der Waals surface area contributed by atoms with Crippen molar-refractivity contribution in [3.63, 3.8) is 0 Å². The lowest BCUT2D eigenvalue weighted by molar-refractivity contribution is -0.158. The Bertz CT molecular complexity index is 884. The number of ether oxygens (including phenoxy) is 3. The maximum atomic E-state index is 12.4. The van der Waals surface area contributed by atoms with Crippen LogP contribution in [0.5, 0.6) is 11.5 Å². The molecule has 2 heterocycles. The Morgan fingerprint density at radius 2 is 1.79 bits per heavy atom. The van der Waals surface area contributed by atoms with Gasteiger partial charge in [0.25, 0.3) is 5.91 Å². The van der Waals surface area contributed by atoms with E-state index in [1.165, 1.54) is 6.92 Å². The number of nitrogens with one attached hydrogen (secondary N) is 1. The summed E-state index contributed by atoms with van der Waals surface area (Å²) in [7, 11) is 0. The van der Waals surface area contributed by atoms with E-state index in [2.05, 4.69) is 5.32 Å². The van der Waals surface area contributed by atoms with E-state index in [1.54, 1.807) is 18.2 Å². The molecule has 1 N–H and O–H groups in total. The van der Waals surface area contributed by atoms with Crippen molar-refractivity contribution in [3.05, 3.63) is 30.4 Å². The van der Waals surface area contributed by atoms with Crippen molar-refractivity contribution < 1.29 is 33.4 Å². The van der Waals surface area contributed by atoms with E-state index in [0.717, 1.165) is 4.90 Å². The summed E-state index contributed by atoms with van der Waals surface area (Å²) in [5.74, 6) is -1.81. The van der Waals surface area contributed by atoms with Crippen LogP contribution in [0.3, 0.4) is 0 Å². The SMILES string of the molecule is C[C@H](OC(=O)CN1C(=O)[C@H]2CC=CC[C@@H]2C1=O)C(=O)Nc1ccc2c(c1)OCO2. The summed E-state index contributed by atoms with van der Waals surface area (Å²) in [6, 6.07) is 4.90. The van der Waals surface area contributed by atoms with Crippen LogP contribution < -0.4 is 14.8 Å². The van der Waals surface area contributed by atoms with Gasteiger partial charge in [0.15, 0.2) is 17.6 Å². The quantitative estimate of drug-likeness (QED) is 0.450. The molecule has 0 unspecified atom stereocenters. The highest BCUT2D eigenvalue weighted by molar-refractivity contribution is 6.07. The second-order valence-electron chi connectivity index (χ2n) is 7.11. The van der Waals surface area contributed by atoms with Crippen LogP contribution in [0.1, 0.15) is 19.8 Å². The Labute approximate surface area is 166 Å². The van der Waals surface area contributed by atoms with Crippen LogP contribution in [-0.4, -0.2) is 48.0 Å². The maximum absolute atomic E-state index is 12.4. The smallest absolute Gasteiger partial charge is 0.326 e. The van der Waals surface area contributed by atoms with E-state index in [0.29, 0.717) is 30.0 Å². The Balaban J connectivity index is 1.32. The van der Waals surface area contributed by atoms with Gasteiger partial charge in [0.2, 0.25) is 18.6 Å². The molecule has 0 radical (unpaired) electrons. The van der Waals surface area contributed by atoms with Crippen molar-refractivity contribution in [2.45, 2.75) is 25.9 Å². The maximum Gasteiger partial charge on any atom is 0.326 e. The third-order valence-electron chi connectivity index (χ3n) is 5.20. The summed E-state index contributed by atoms with van der Waals surface area (Å²) in [6.07, 6.45) is 3.63. The fourth-order valence-electron chi connectivity index (χ4n) is 3.66. The van der Waals surface area contributed by atoms with Crippen molar-refractivity contribution in [3.8, 4) is 11.5 Å². The van der Waals surface area contributed by atoms with Crippen LogP contribution in [0.4, 0.5) is 5.69 Å². The van der Waals surface area contributed by atoms with Gasteiger partial charge < -0.3 is 19.5 Å². The first-order valence-electron chi connectivity index (χ1n) is 9.34. The zero-order valence-electron chi connectivity index (χ0n) is 15.8. The Hall–Kier alpha value is -3.36. The van der Waals surface area contributed by atoms with Crippen LogP contribution in [0.25, 0.3) is 0 Å². The number of hydrogen-bond donors (Lipinski definition) is 1. The number of allylic oxidation sites excluding steroid dienone is 2. The van der Waals surface area contributed by atoms with Crippen LogP contribution in [0.15, 0.2) is 30.4 Å². The number of imide groups is 1. The summed E-state index contributed by atoms with van der Waals surface area (Å²) in [6.45, 7) is 1.04. The first-order valence-corrected chi connectivity index (χ1v) is 9.34. The number of carbonyl (C=O) groups excluding carboxylic acids is 4. The van der Waals surface area contributed by atoms with E-state index in [1.807, 2.05) is 12.2 Å². The van der Waals surface area contributed by atoms with E-state index in [9.17, 15) is 19.2 Å². The van der Waals surface area contributed by atoms with Crippen molar-refractivity contribution in [2.75, 3.05) is 18.7 Å². The van der Waals surface area contributed by atoms with E-state index in [-0.39, 0.29) is 18.6 Å². The molecule has 2 aliphatic heterocycles. The number of nitrogens with zero attached hydrogens (tertiary/aromatic N) is 1. The monoisotopic (exact) mass is 400 g/mol. The molecular weight excluding hydrogens is 380 g/mol. The molecule has 1 saturated heterocycles. The summed E-state index contributed by atoms with van der Waals surface area (Å²) in [5.41, 5.74) is 0.462. The molecule has 9 nitrogen and oxygen atoms in total. The highest BCUT2D eigenvalue weighted by Crippen LogP contribution is 2.35. The molecule has 1 aliphatic carbocycles. The number of fused-ring (bicyclic) bond motifs is 2. The summed E-state index contributed by atoms with van der Waals surface area (Å²) >= 11 is 0. The molecule has 1 aromatic carbocycles. The van der Waals surface area contributed by atoms with Crippen molar-refractivity contribution in [2.24, 2.45) is 11.8 Å². The van der Waals surface area contributed by atoms with Gasteiger partial charge in [0.05, 0.1) is 11.8 Å². The van der Waals surface area contributed by atoms with Gasteiger partial charge in [0.1, 0.15) is 6.54 Å². The lowest BCUT2D eigenvalue weighted by Gasteiger charge is -2.17. The standard InChI is InChI=1S/C20H20N2O7/c1-11(18(24)21-12-6-7-15-16(8-12)28-10-27-15)29-17(23)9-22-19(25)13-4-2-3-5-14(13)20(22)26/h2-3,6-8,11,13-14H,4-5,9-10H2,1H3,(H,21,24)/t11-,13-,14-/m0/s1. The molecule has 0 saturated carbocycles. The molecule has 4 rings (SSSR count). The summed E-state index contributed by atoms with van der Waals surface area (Å²) in [5, 5.41) is 2.62. The molecule has 9 heteroatoms. The number of esters is 1. The average Bonchev–Trinajstić information content (AvgIpc) is 3.26. The number of rotatable bonds is 5. The van der Waals surface area contributed by atoms with Crippen molar-refractivity contribution in [1.82, 2.24) is 4.90 Å². The second-order valence-corrected chi connectivity index (χ2v) is 7.11. The first-order chi connectivity index (χ1) is 13.9. The molecule has 3 amide bonds. The van der Waals surface area contributed by atoms with Gasteiger partial charge in [-0.3, -0.25) is 24.1 Å². The molecule has 0 aromatic heterocycles. The van der Waals surface area contributed by atoms with Crippen LogP contribution in [0, 0.1) is 11.8 Å². The highest BCUT2D eigenvalue weighted by Gasteiger charge is 2.47. The predicted molar refractivity (Wildman–Crippen MR) is 98.8 cm³/mol. The largest absolute Gasteiger partial charge is 0.454 e. The van der Waals surface area contributed by atoms with Crippen LogP contribution in [-0.2, 0) is 23.9 Å². The van der Waals surface area contributed by atoms with Gasteiger partial charge in [-0.05, 0) is 31.9 Å². The Morgan fingerprint density at radius 3 is 2.48 bits per heavy atom. The fraction of sp³-hybridized carbons (Fsp3) is 0.400. The molecule has 29 heavy (non-hydrogen) atoms. The minimum Gasteiger partial charge on any atom is -0.454 e. The normalized spacial score (nSPS) is 23.0. The molecule has 1 fully saturated rings. The highest BCUT2D eigenvalue weighted by atomic mass is 16.7. The van der Waals surface area contributed by atoms with E-state index >= 15 is 0 Å². The molecule has 3 atom stereocenters. The number of carbonyl (C=O) groups is 4. The van der Waals surface area contributed by atoms with Crippen molar-refractivity contribution in [1.29, 1.82) is 0 Å². The predicted octanol–water partition coefficient (Wildman–Crippen LogP) is 1.24. The van der Waals surface area contributed by atoms with Crippen molar-refractivity contribution >= 4 is 29.4 Å². The van der Waals surface area contributed by atoms with Gasteiger partial charge in [-0.1, -0.05) is 12.2 Å². The van der Waals surface area contributed by atoms with E-state index < -0.39 is 36.4 Å². The molecule has 3 aliphatic rings. The van der Waals surface area contributed by atoms with Gasteiger partial charge in [-0.2, -0.15) is 0 Å². The minimum absolute atomic E-state index is 0.118. The average molecular weight is 400 g/mol. The fourth-order valence-corrected chi connectivity index (χ4v) is 3.66. The number of hydrogen-bond acceptors (Lipinski definition) is 7. The van der Waals surface area contributed by atoms with Gasteiger partial charge in [0, 0.05) is 11.8 Å². The molecular formula is C20H20N2O7. The Morgan fingerprint density at radius 1 is 1.14 bits per heavy atom. The van der Waals surface area contributed by atoms with E-state index in [4.69, 9.17) is 14.2 Å². The summed E-state index contributed by atoms with van der Waals surface area (Å²) < 4.78 is 15.6. The molecule has 0 spiro atoms. The van der Waals surface area contributed by atoms with Gasteiger partial charge in [-0.25, -0.2) is 0 Å². The van der Waals surface area contributed by atoms with Gasteiger partial charge in [-0.15, -0.1) is 0 Å². The number of likely N-dealkylation sites (tertiary alicyclic amines) is 1. The topological polar surface area (TPSA) is 111 Å². The molecule has 1 aromatic rings. The van der Waals surface area contributed by atoms with Crippen LogP contribution in [0.2, 0.25) is 0 Å². The first kappa shape index (κ1) is 19.0. The number of anilines is 1. The second kappa shape index (κ2) is 7.57. The Kier molecular flexibility index (Phi) is 4.96. The third kappa shape index (κ3) is 3.67. The third-order valence-corrected chi connectivity index (χ3v) is 5.20. The van der Waals surface area contributed by atoms with Gasteiger partial charge >= 0.3 is 5.97 Å². The number of benzene rings is 1. The molecule has 0 bridgehead atoms. The summed E-state index contributed by atoms with van der Waals surface area (Å²) in [4.78, 5) is 50.3. The van der Waals surface area contributed by atoms with Crippen LogP contribution >= 0.6 is 0 Å². The zero-order valence-corrected chi connectivity index (χ0v) is 15.8. The lowest BCUT2D eigenvalue weighted by Crippen LogP contribution is -2.39. The minimum atomic E-state index is -1.11. The lowest BCUT2D eigenvalue weighted by atomic mass is 9.85. The zero-order chi connectivity index (χ0) is 20.5. The number of amides is 3. The molecule has 152 valence electrons.